The Kier molecular flexibility index (Phi) is 1.67. The van der Waals surface area contributed by atoms with Crippen molar-refractivity contribution in [2.75, 3.05) is 0 Å². The maximum absolute atomic E-state index is 2.64. The first-order valence-corrected chi connectivity index (χ1v) is 6.62. The van der Waals surface area contributed by atoms with Crippen LogP contribution in [0.3, 0.4) is 0 Å². The summed E-state index contributed by atoms with van der Waals surface area (Å²) in [4.78, 5) is 0. The Hall–Kier alpha value is -0.260. The minimum Gasteiger partial charge on any atom is -0.0788 e. The Balaban J connectivity index is 2.24. The van der Waals surface area contributed by atoms with Crippen LogP contribution in [0.2, 0.25) is 0 Å². The summed E-state index contributed by atoms with van der Waals surface area (Å²) in [5.41, 5.74) is 3.40. The normalized spacial score (nSPS) is 57.9. The van der Waals surface area contributed by atoms with Crippen LogP contribution in [0.25, 0.3) is 0 Å². The highest BCUT2D eigenvalue weighted by Crippen LogP contribution is 2.74. The molecule has 3 aliphatic rings. The van der Waals surface area contributed by atoms with E-state index in [0.717, 1.165) is 5.92 Å². The molecule has 0 N–H and O–H groups in total. The minimum atomic E-state index is 0.497. The van der Waals surface area contributed by atoms with Crippen LogP contribution in [0.1, 0.15) is 59.8 Å². The average molecular weight is 204 g/mol. The molecule has 0 aromatic heterocycles. The van der Waals surface area contributed by atoms with Crippen LogP contribution in [0.4, 0.5) is 0 Å². The van der Waals surface area contributed by atoms with E-state index in [1.807, 2.05) is 0 Å². The molecule has 4 atom stereocenters. The SMILES string of the molecule is CC1=C[C@@]2(C)CCC[C@@]3(C)[C@@H]1CC[C@@]23C. The van der Waals surface area contributed by atoms with Crippen LogP contribution < -0.4 is 0 Å². The summed E-state index contributed by atoms with van der Waals surface area (Å²) >= 11 is 0. The molecule has 84 valence electrons. The fourth-order valence-electron chi connectivity index (χ4n) is 5.47. The summed E-state index contributed by atoms with van der Waals surface area (Å²) in [6, 6.07) is 0. The van der Waals surface area contributed by atoms with Crippen molar-refractivity contribution in [3.8, 4) is 0 Å². The van der Waals surface area contributed by atoms with Gasteiger partial charge in [0.1, 0.15) is 0 Å². The Morgan fingerprint density at radius 1 is 1.13 bits per heavy atom. The summed E-state index contributed by atoms with van der Waals surface area (Å²) in [6.45, 7) is 10.1. The molecule has 0 amide bonds. The first kappa shape index (κ1) is 9.93. The molecule has 0 unspecified atom stereocenters. The number of allylic oxidation sites excluding steroid dienone is 2. The first-order chi connectivity index (χ1) is 6.93. The lowest BCUT2D eigenvalue weighted by molar-refractivity contribution is -0.0738. The monoisotopic (exact) mass is 204 g/mol. The zero-order chi connectivity index (χ0) is 10.9. The molecule has 3 aliphatic carbocycles. The quantitative estimate of drug-likeness (QED) is 0.507. The van der Waals surface area contributed by atoms with Crippen molar-refractivity contribution >= 4 is 0 Å². The van der Waals surface area contributed by atoms with E-state index in [2.05, 4.69) is 33.8 Å². The second kappa shape index (κ2) is 2.52. The topological polar surface area (TPSA) is 0 Å². The molecule has 0 aromatic carbocycles. The lowest BCUT2D eigenvalue weighted by Crippen LogP contribution is -2.53. The van der Waals surface area contributed by atoms with Crippen LogP contribution in [0, 0.1) is 22.2 Å². The van der Waals surface area contributed by atoms with Gasteiger partial charge in [-0.2, -0.15) is 0 Å². The smallest absolute Gasteiger partial charge is 0.00847 e. The maximum Gasteiger partial charge on any atom is -0.00847 e. The number of hydrogen-bond donors (Lipinski definition) is 0. The van der Waals surface area contributed by atoms with Gasteiger partial charge in [0.25, 0.3) is 0 Å². The van der Waals surface area contributed by atoms with Gasteiger partial charge in [-0.25, -0.2) is 0 Å². The zero-order valence-corrected chi connectivity index (χ0v) is 10.7. The van der Waals surface area contributed by atoms with Crippen molar-refractivity contribution in [1.82, 2.24) is 0 Å². The van der Waals surface area contributed by atoms with Gasteiger partial charge < -0.3 is 0 Å². The summed E-state index contributed by atoms with van der Waals surface area (Å²) in [5.74, 6) is 0.899. The molecular weight excluding hydrogens is 180 g/mol. The van der Waals surface area contributed by atoms with Gasteiger partial charge in [0.2, 0.25) is 0 Å². The van der Waals surface area contributed by atoms with E-state index in [1.54, 1.807) is 5.57 Å². The number of rotatable bonds is 0. The van der Waals surface area contributed by atoms with Crippen LogP contribution in [0.15, 0.2) is 11.6 Å². The summed E-state index contributed by atoms with van der Waals surface area (Å²) in [6.07, 6.45) is 9.88. The Labute approximate surface area is 94.1 Å². The van der Waals surface area contributed by atoms with Gasteiger partial charge in [-0.3, -0.25) is 0 Å². The second-order valence-corrected chi connectivity index (χ2v) is 7.00. The van der Waals surface area contributed by atoms with Gasteiger partial charge in [0.05, 0.1) is 0 Å². The van der Waals surface area contributed by atoms with E-state index < -0.39 is 0 Å². The predicted molar refractivity (Wildman–Crippen MR) is 64.7 cm³/mol. The van der Waals surface area contributed by atoms with Crippen molar-refractivity contribution in [3.63, 3.8) is 0 Å². The molecule has 0 heteroatoms. The molecule has 0 nitrogen and oxygen atoms in total. The molecule has 0 saturated heterocycles. The van der Waals surface area contributed by atoms with E-state index in [4.69, 9.17) is 0 Å². The van der Waals surface area contributed by atoms with Gasteiger partial charge in [-0.1, -0.05) is 38.8 Å². The fraction of sp³-hybridized carbons (Fsp3) is 0.867. The van der Waals surface area contributed by atoms with Crippen LogP contribution in [0.5, 0.6) is 0 Å². The number of hydrogen-bond acceptors (Lipinski definition) is 0. The Morgan fingerprint density at radius 3 is 2.60 bits per heavy atom. The van der Waals surface area contributed by atoms with Gasteiger partial charge in [-0.05, 0) is 54.8 Å². The molecule has 15 heavy (non-hydrogen) atoms. The second-order valence-electron chi connectivity index (χ2n) is 7.00. The molecule has 2 fully saturated rings. The Bertz CT molecular complexity index is 340. The van der Waals surface area contributed by atoms with E-state index in [9.17, 15) is 0 Å². The molecule has 0 aliphatic heterocycles. The molecule has 4 bridgehead atoms. The van der Waals surface area contributed by atoms with Gasteiger partial charge in [-0.15, -0.1) is 0 Å². The third kappa shape index (κ3) is 0.867. The van der Waals surface area contributed by atoms with Crippen LogP contribution >= 0.6 is 0 Å². The van der Waals surface area contributed by atoms with Crippen LogP contribution in [-0.2, 0) is 0 Å². The first-order valence-electron chi connectivity index (χ1n) is 6.62. The maximum atomic E-state index is 2.64. The van der Waals surface area contributed by atoms with Gasteiger partial charge in [0.15, 0.2) is 0 Å². The van der Waals surface area contributed by atoms with Crippen molar-refractivity contribution in [2.45, 2.75) is 59.8 Å². The lowest BCUT2D eigenvalue weighted by Gasteiger charge is -2.61. The molecular formula is C15H24. The lowest BCUT2D eigenvalue weighted by atomic mass is 9.43. The van der Waals surface area contributed by atoms with Gasteiger partial charge in [0, 0.05) is 0 Å². The summed E-state index contributed by atoms with van der Waals surface area (Å²) < 4.78 is 0. The molecule has 0 radical (unpaired) electrons. The summed E-state index contributed by atoms with van der Waals surface area (Å²) in [5, 5.41) is 0. The standard InChI is InChI=1S/C15H24/c1-11-10-13(2)7-5-8-14(3)12(11)6-9-15(13,14)4/h10,12H,5-9H2,1-4H3/t12-,13-,14+,15+/m1/s1. The van der Waals surface area contributed by atoms with Crippen LogP contribution in [-0.4, -0.2) is 0 Å². The van der Waals surface area contributed by atoms with Crippen molar-refractivity contribution in [2.24, 2.45) is 22.2 Å². The molecule has 2 saturated carbocycles. The van der Waals surface area contributed by atoms with E-state index in [0.29, 0.717) is 16.2 Å². The Morgan fingerprint density at radius 2 is 1.87 bits per heavy atom. The molecule has 0 heterocycles. The highest BCUT2D eigenvalue weighted by molar-refractivity contribution is 5.30. The third-order valence-corrected chi connectivity index (χ3v) is 6.71. The molecule has 0 spiro atoms. The predicted octanol–water partition coefficient (Wildman–Crippen LogP) is 4.56. The van der Waals surface area contributed by atoms with E-state index in [-0.39, 0.29) is 0 Å². The fourth-order valence-corrected chi connectivity index (χ4v) is 5.47. The van der Waals surface area contributed by atoms with Crippen molar-refractivity contribution in [3.05, 3.63) is 11.6 Å². The zero-order valence-electron chi connectivity index (χ0n) is 10.7. The average Bonchev–Trinajstić information content (AvgIpc) is 2.34. The largest absolute Gasteiger partial charge is 0.0788 e. The van der Waals surface area contributed by atoms with Crippen molar-refractivity contribution in [1.29, 1.82) is 0 Å². The molecule has 3 rings (SSSR count). The van der Waals surface area contributed by atoms with E-state index in [1.165, 1.54) is 32.1 Å². The molecule has 0 aromatic rings. The minimum absolute atomic E-state index is 0.497. The third-order valence-electron chi connectivity index (χ3n) is 6.71. The van der Waals surface area contributed by atoms with Crippen molar-refractivity contribution < 1.29 is 0 Å². The summed E-state index contributed by atoms with van der Waals surface area (Å²) in [7, 11) is 0. The van der Waals surface area contributed by atoms with E-state index >= 15 is 0 Å². The highest BCUT2D eigenvalue weighted by atomic mass is 14.7. The highest BCUT2D eigenvalue weighted by Gasteiger charge is 2.65. The van der Waals surface area contributed by atoms with Gasteiger partial charge >= 0.3 is 0 Å².